The van der Waals surface area contributed by atoms with E-state index in [1.54, 1.807) is 14.0 Å². The molecule has 0 aliphatic heterocycles. The molecule has 1 aromatic carbocycles. The highest BCUT2D eigenvalue weighted by atomic mass is 16.5. The fourth-order valence-electron chi connectivity index (χ4n) is 6.24. The Morgan fingerprint density at radius 2 is 1.71 bits per heavy atom. The Balaban J connectivity index is 1.33. The Labute approximate surface area is 166 Å². The first-order valence-corrected chi connectivity index (χ1v) is 10.3. The Morgan fingerprint density at radius 3 is 2.32 bits per heavy atom. The van der Waals surface area contributed by atoms with Gasteiger partial charge in [-0.2, -0.15) is 0 Å². The van der Waals surface area contributed by atoms with E-state index in [0.29, 0.717) is 25.0 Å². The molecule has 4 atom stereocenters. The number of carbonyl (C=O) groups is 2. The van der Waals surface area contributed by atoms with E-state index in [1.165, 1.54) is 6.42 Å². The number of rotatable bonds is 7. The lowest BCUT2D eigenvalue weighted by Gasteiger charge is -2.61. The van der Waals surface area contributed by atoms with E-state index in [-0.39, 0.29) is 22.8 Å². The van der Waals surface area contributed by atoms with Crippen molar-refractivity contribution in [2.24, 2.45) is 17.3 Å². The zero-order valence-corrected chi connectivity index (χ0v) is 16.8. The van der Waals surface area contributed by atoms with Gasteiger partial charge in [-0.25, -0.2) is 0 Å². The number of amides is 2. The van der Waals surface area contributed by atoms with E-state index < -0.39 is 0 Å². The third-order valence-electron chi connectivity index (χ3n) is 6.70. The zero-order valence-electron chi connectivity index (χ0n) is 16.8. The van der Waals surface area contributed by atoms with Gasteiger partial charge in [0.25, 0.3) is 0 Å². The van der Waals surface area contributed by atoms with Gasteiger partial charge in [0.15, 0.2) is 0 Å². The first-order chi connectivity index (χ1) is 13.4. The second-order valence-corrected chi connectivity index (χ2v) is 8.98. The fourth-order valence-corrected chi connectivity index (χ4v) is 6.24. The third kappa shape index (κ3) is 3.69. The molecule has 0 radical (unpaired) electrons. The lowest BCUT2D eigenvalue weighted by Crippen LogP contribution is -2.65. The van der Waals surface area contributed by atoms with Gasteiger partial charge in [-0.3, -0.25) is 9.59 Å². The van der Waals surface area contributed by atoms with Crippen molar-refractivity contribution in [1.29, 1.82) is 0 Å². The summed E-state index contributed by atoms with van der Waals surface area (Å²) in [4.78, 5) is 24.9. The molecule has 0 spiro atoms. The summed E-state index contributed by atoms with van der Waals surface area (Å²) in [5.74, 6) is 2.80. The highest BCUT2D eigenvalue weighted by Gasteiger charge is 2.60. The van der Waals surface area contributed by atoms with Crippen molar-refractivity contribution in [1.82, 2.24) is 10.6 Å². The molecule has 0 saturated heterocycles. The molecule has 4 fully saturated rings. The molecule has 4 aliphatic carbocycles. The molecular formula is C22H30N2O4. The van der Waals surface area contributed by atoms with E-state index in [0.717, 1.165) is 43.6 Å². The smallest absolute Gasteiger partial charge is 0.226 e. The average molecular weight is 386 g/mol. The van der Waals surface area contributed by atoms with Crippen LogP contribution in [0.2, 0.25) is 0 Å². The minimum Gasteiger partial charge on any atom is -0.497 e. The number of methoxy groups -OCH3 is 1. The van der Waals surface area contributed by atoms with E-state index in [4.69, 9.17) is 9.47 Å². The number of nitrogens with one attached hydrogen (secondary N) is 2. The molecule has 6 nitrogen and oxygen atoms in total. The topological polar surface area (TPSA) is 76.7 Å². The van der Waals surface area contributed by atoms with Crippen LogP contribution in [0.1, 0.15) is 45.4 Å². The lowest BCUT2D eigenvalue weighted by molar-refractivity contribution is -0.153. The molecule has 6 heteroatoms. The maximum Gasteiger partial charge on any atom is 0.226 e. The van der Waals surface area contributed by atoms with Crippen LogP contribution in [0.5, 0.6) is 11.5 Å². The molecule has 2 unspecified atom stereocenters. The monoisotopic (exact) mass is 386 g/mol. The Kier molecular flexibility index (Phi) is 4.98. The van der Waals surface area contributed by atoms with Crippen molar-refractivity contribution in [3.8, 4) is 11.5 Å². The van der Waals surface area contributed by atoms with Gasteiger partial charge < -0.3 is 20.1 Å². The van der Waals surface area contributed by atoms with Crippen LogP contribution in [0.3, 0.4) is 0 Å². The minimum atomic E-state index is -0.327. The molecule has 4 aliphatic rings. The normalized spacial score (nSPS) is 32.6. The quantitative estimate of drug-likeness (QED) is 0.707. The molecule has 4 bridgehead atoms. The van der Waals surface area contributed by atoms with E-state index in [1.807, 2.05) is 24.3 Å². The second-order valence-electron chi connectivity index (χ2n) is 8.98. The molecule has 0 aromatic heterocycles. The van der Waals surface area contributed by atoms with Crippen LogP contribution < -0.4 is 20.1 Å². The Hall–Kier alpha value is -2.24. The average Bonchev–Trinajstić information content (AvgIpc) is 2.63. The summed E-state index contributed by atoms with van der Waals surface area (Å²) >= 11 is 0. The van der Waals surface area contributed by atoms with Gasteiger partial charge in [0.1, 0.15) is 18.1 Å². The molecule has 2 amide bonds. The van der Waals surface area contributed by atoms with Crippen molar-refractivity contribution in [3.63, 3.8) is 0 Å². The highest BCUT2D eigenvalue weighted by Crippen LogP contribution is 2.61. The third-order valence-corrected chi connectivity index (χ3v) is 6.70. The molecule has 0 heterocycles. The first kappa shape index (κ1) is 19.1. The van der Waals surface area contributed by atoms with Gasteiger partial charge in [0.2, 0.25) is 11.8 Å². The van der Waals surface area contributed by atoms with Gasteiger partial charge in [-0.15, -0.1) is 0 Å². The number of benzene rings is 1. The van der Waals surface area contributed by atoms with Crippen LogP contribution in [0.25, 0.3) is 0 Å². The van der Waals surface area contributed by atoms with Gasteiger partial charge in [0.05, 0.1) is 19.1 Å². The molecule has 152 valence electrons. The van der Waals surface area contributed by atoms with Crippen molar-refractivity contribution < 1.29 is 19.1 Å². The predicted octanol–water partition coefficient (Wildman–Crippen LogP) is 2.67. The van der Waals surface area contributed by atoms with E-state index in [9.17, 15) is 9.59 Å². The van der Waals surface area contributed by atoms with Gasteiger partial charge >= 0.3 is 0 Å². The summed E-state index contributed by atoms with van der Waals surface area (Å²) in [6, 6.07) is 7.42. The Morgan fingerprint density at radius 1 is 1.07 bits per heavy atom. The number of hydrogen-bond donors (Lipinski definition) is 2. The zero-order chi connectivity index (χ0) is 19.8. The number of hydrogen-bond acceptors (Lipinski definition) is 4. The van der Waals surface area contributed by atoms with Crippen molar-refractivity contribution in [2.45, 2.75) is 51.0 Å². The standard InChI is InChI=1S/C22H30N2O4/c1-15(25)24-22-12-16-9-17(13-22)11-21(10-16,14-22)20(26)23-7-8-28-19-5-3-18(27-2)4-6-19/h3-6,16-17H,7-14H2,1-2H3,(H,23,26)(H,24,25)/t16-,17+,21?,22?. The summed E-state index contributed by atoms with van der Waals surface area (Å²) in [5, 5.41) is 6.31. The molecular weight excluding hydrogens is 356 g/mol. The lowest BCUT2D eigenvalue weighted by atomic mass is 9.46. The molecule has 28 heavy (non-hydrogen) atoms. The SMILES string of the molecule is COc1ccc(OCCNC(=O)C23C[C@@H]4C[C@@H](CC(NC(C)=O)(C4)C2)C3)cc1. The van der Waals surface area contributed by atoms with Crippen LogP contribution in [0, 0.1) is 17.3 Å². The predicted molar refractivity (Wildman–Crippen MR) is 105 cm³/mol. The maximum absolute atomic E-state index is 13.1. The summed E-state index contributed by atoms with van der Waals surface area (Å²) < 4.78 is 10.9. The molecule has 5 rings (SSSR count). The molecule has 2 N–H and O–H groups in total. The van der Waals surface area contributed by atoms with Gasteiger partial charge in [-0.05, 0) is 74.6 Å². The maximum atomic E-state index is 13.1. The van der Waals surface area contributed by atoms with Crippen molar-refractivity contribution in [2.75, 3.05) is 20.3 Å². The first-order valence-electron chi connectivity index (χ1n) is 10.3. The van der Waals surface area contributed by atoms with Gasteiger partial charge in [-0.1, -0.05) is 0 Å². The van der Waals surface area contributed by atoms with E-state index >= 15 is 0 Å². The summed E-state index contributed by atoms with van der Waals surface area (Å²) in [7, 11) is 1.63. The minimum absolute atomic E-state index is 0.0189. The van der Waals surface area contributed by atoms with Crippen LogP contribution in [0.4, 0.5) is 0 Å². The van der Waals surface area contributed by atoms with Crippen LogP contribution in [-0.4, -0.2) is 37.6 Å². The van der Waals surface area contributed by atoms with Crippen LogP contribution >= 0.6 is 0 Å². The van der Waals surface area contributed by atoms with Crippen molar-refractivity contribution in [3.05, 3.63) is 24.3 Å². The number of carbonyl (C=O) groups excluding carboxylic acids is 2. The fraction of sp³-hybridized carbons (Fsp3) is 0.636. The summed E-state index contributed by atoms with van der Waals surface area (Å²) in [6.45, 7) is 2.49. The molecule has 4 saturated carbocycles. The van der Waals surface area contributed by atoms with E-state index in [2.05, 4.69) is 10.6 Å². The highest BCUT2D eigenvalue weighted by molar-refractivity contribution is 5.84. The summed E-state index contributed by atoms with van der Waals surface area (Å²) in [5.41, 5.74) is -0.500. The van der Waals surface area contributed by atoms with Gasteiger partial charge in [0, 0.05) is 12.5 Å². The van der Waals surface area contributed by atoms with Crippen LogP contribution in [-0.2, 0) is 9.59 Å². The molecule has 1 aromatic rings. The Bertz CT molecular complexity index is 731. The largest absolute Gasteiger partial charge is 0.497 e. The van der Waals surface area contributed by atoms with Crippen molar-refractivity contribution >= 4 is 11.8 Å². The second kappa shape index (κ2) is 7.30. The summed E-state index contributed by atoms with van der Waals surface area (Å²) in [6.07, 6.45) is 5.94. The number of ether oxygens (including phenoxy) is 2. The van der Waals surface area contributed by atoms with Crippen LogP contribution in [0.15, 0.2) is 24.3 Å².